The fourth-order valence-electron chi connectivity index (χ4n) is 6.11. The number of ether oxygens (including phenoxy) is 1. The normalized spacial score (nSPS) is 17.9. The summed E-state index contributed by atoms with van der Waals surface area (Å²) in [5, 5.41) is -0.329. The maximum Gasteiger partial charge on any atom is 0.412 e. The third kappa shape index (κ3) is 5.18. The SMILES string of the molecule is CS[C@@H]([C@H](CC(=O)c1ccccc1)c1ccccc1)N1C(=O)OC(c2ccccc2)(c2ccccc2)[C@@H]1C(C)C. The number of carbonyl (C=O) groups is 2. The van der Waals surface area contributed by atoms with Gasteiger partial charge in [0.25, 0.3) is 0 Å². The molecule has 4 aromatic carbocycles. The van der Waals surface area contributed by atoms with Gasteiger partial charge < -0.3 is 4.74 Å². The van der Waals surface area contributed by atoms with E-state index in [1.807, 2.05) is 120 Å². The lowest BCUT2D eigenvalue weighted by molar-refractivity contribution is 0.0538. The highest BCUT2D eigenvalue weighted by atomic mass is 32.2. The number of rotatable bonds is 10. The van der Waals surface area contributed by atoms with Crippen LogP contribution in [-0.4, -0.2) is 34.4 Å². The molecule has 1 aliphatic heterocycles. The zero-order chi connectivity index (χ0) is 28.1. The third-order valence-electron chi connectivity index (χ3n) is 7.80. The van der Waals surface area contributed by atoms with Crippen LogP contribution in [0.2, 0.25) is 0 Å². The van der Waals surface area contributed by atoms with Crippen LogP contribution in [0.4, 0.5) is 4.79 Å². The fraction of sp³-hybridized carbons (Fsp3) is 0.257. The van der Waals surface area contributed by atoms with Gasteiger partial charge in [-0.05, 0) is 17.7 Å². The lowest BCUT2D eigenvalue weighted by Crippen LogP contribution is -2.52. The number of thioether (sulfide) groups is 1. The smallest absolute Gasteiger partial charge is 0.412 e. The van der Waals surface area contributed by atoms with E-state index in [-0.39, 0.29) is 41.5 Å². The summed E-state index contributed by atoms with van der Waals surface area (Å²) in [4.78, 5) is 29.7. The average Bonchev–Trinajstić information content (AvgIpc) is 3.32. The molecule has 1 heterocycles. The molecule has 0 unspecified atom stereocenters. The molecule has 1 saturated heterocycles. The molecule has 5 heteroatoms. The molecule has 4 nitrogen and oxygen atoms in total. The number of Topliss-reactive ketones (excluding diaryl/α,β-unsaturated/α-hetero) is 1. The maximum atomic E-state index is 14.1. The Bertz CT molecular complexity index is 1370. The number of carbonyl (C=O) groups excluding carboxylic acids is 2. The van der Waals surface area contributed by atoms with Crippen LogP contribution in [-0.2, 0) is 10.3 Å². The predicted molar refractivity (Wildman–Crippen MR) is 162 cm³/mol. The second kappa shape index (κ2) is 12.1. The first-order chi connectivity index (χ1) is 19.5. The number of benzene rings is 4. The summed E-state index contributed by atoms with van der Waals surface area (Å²) in [6.45, 7) is 4.29. The number of ketones is 1. The molecule has 1 amide bonds. The average molecular weight is 550 g/mol. The Hall–Kier alpha value is -3.83. The zero-order valence-corrected chi connectivity index (χ0v) is 24.0. The van der Waals surface area contributed by atoms with E-state index in [4.69, 9.17) is 4.74 Å². The summed E-state index contributed by atoms with van der Waals surface area (Å²) in [7, 11) is 0. The molecule has 40 heavy (non-hydrogen) atoms. The third-order valence-corrected chi connectivity index (χ3v) is 8.84. The largest absolute Gasteiger partial charge is 0.431 e. The van der Waals surface area contributed by atoms with Crippen LogP contribution in [0.25, 0.3) is 0 Å². The van der Waals surface area contributed by atoms with Crippen LogP contribution >= 0.6 is 11.8 Å². The van der Waals surface area contributed by atoms with Gasteiger partial charge in [0, 0.05) is 29.0 Å². The number of cyclic esters (lactones) is 1. The number of nitrogens with zero attached hydrogens (tertiary/aromatic N) is 1. The Morgan fingerprint density at radius 2 is 1.27 bits per heavy atom. The number of hydrogen-bond acceptors (Lipinski definition) is 4. The molecule has 204 valence electrons. The van der Waals surface area contributed by atoms with E-state index in [1.54, 1.807) is 11.8 Å². The van der Waals surface area contributed by atoms with Crippen LogP contribution in [0.1, 0.15) is 53.2 Å². The van der Waals surface area contributed by atoms with Gasteiger partial charge in [0.2, 0.25) is 0 Å². The van der Waals surface area contributed by atoms with Gasteiger partial charge in [-0.15, -0.1) is 11.8 Å². The molecule has 4 aromatic rings. The van der Waals surface area contributed by atoms with E-state index < -0.39 is 5.60 Å². The van der Waals surface area contributed by atoms with Crippen LogP contribution in [0.3, 0.4) is 0 Å². The van der Waals surface area contributed by atoms with Crippen molar-refractivity contribution < 1.29 is 14.3 Å². The van der Waals surface area contributed by atoms with Gasteiger partial charge in [0.15, 0.2) is 11.4 Å². The molecule has 0 spiro atoms. The van der Waals surface area contributed by atoms with Crippen molar-refractivity contribution in [2.45, 2.75) is 43.2 Å². The van der Waals surface area contributed by atoms with E-state index in [9.17, 15) is 9.59 Å². The highest BCUT2D eigenvalue weighted by Gasteiger charge is 2.59. The van der Waals surface area contributed by atoms with Gasteiger partial charge in [-0.25, -0.2) is 4.79 Å². The quantitative estimate of drug-likeness (QED) is 0.187. The van der Waals surface area contributed by atoms with Crippen molar-refractivity contribution in [1.82, 2.24) is 4.90 Å². The minimum absolute atomic E-state index is 0.0551. The highest BCUT2D eigenvalue weighted by Crippen LogP contribution is 2.50. The van der Waals surface area contributed by atoms with Gasteiger partial charge in [-0.1, -0.05) is 135 Å². The molecule has 1 fully saturated rings. The van der Waals surface area contributed by atoms with Gasteiger partial charge in [0.1, 0.15) is 0 Å². The van der Waals surface area contributed by atoms with Gasteiger partial charge >= 0.3 is 6.09 Å². The zero-order valence-electron chi connectivity index (χ0n) is 23.1. The van der Waals surface area contributed by atoms with E-state index >= 15 is 0 Å². The molecule has 0 N–H and O–H groups in total. The first-order valence-electron chi connectivity index (χ1n) is 13.8. The minimum atomic E-state index is -0.994. The summed E-state index contributed by atoms with van der Waals surface area (Å²) >= 11 is 1.60. The molecule has 0 bridgehead atoms. The Kier molecular flexibility index (Phi) is 8.41. The van der Waals surface area contributed by atoms with Crippen LogP contribution in [0.5, 0.6) is 0 Å². The Morgan fingerprint density at radius 1 is 0.800 bits per heavy atom. The summed E-state index contributed by atoms with van der Waals surface area (Å²) in [5.41, 5.74) is 2.58. The van der Waals surface area contributed by atoms with Crippen molar-refractivity contribution in [3.05, 3.63) is 144 Å². The second-order valence-electron chi connectivity index (χ2n) is 10.6. The first kappa shape index (κ1) is 27.7. The van der Waals surface area contributed by atoms with Crippen LogP contribution in [0, 0.1) is 5.92 Å². The van der Waals surface area contributed by atoms with Crippen molar-refractivity contribution in [3.63, 3.8) is 0 Å². The molecule has 3 atom stereocenters. The van der Waals surface area contributed by atoms with Crippen LogP contribution < -0.4 is 0 Å². The van der Waals surface area contributed by atoms with Crippen LogP contribution in [0.15, 0.2) is 121 Å². The van der Waals surface area contributed by atoms with Crippen molar-refractivity contribution in [1.29, 1.82) is 0 Å². The van der Waals surface area contributed by atoms with Gasteiger partial charge in [-0.3, -0.25) is 9.69 Å². The molecule has 0 aliphatic carbocycles. The monoisotopic (exact) mass is 549 g/mol. The topological polar surface area (TPSA) is 46.6 Å². The van der Waals surface area contributed by atoms with E-state index in [2.05, 4.69) is 26.0 Å². The molecule has 0 saturated carbocycles. The Morgan fingerprint density at radius 3 is 1.75 bits per heavy atom. The lowest BCUT2D eigenvalue weighted by atomic mass is 9.75. The minimum Gasteiger partial charge on any atom is -0.431 e. The maximum absolute atomic E-state index is 14.1. The molecule has 5 rings (SSSR count). The Balaban J connectivity index is 1.64. The second-order valence-corrected chi connectivity index (χ2v) is 11.5. The number of hydrogen-bond donors (Lipinski definition) is 0. The molecule has 0 aromatic heterocycles. The van der Waals surface area contributed by atoms with E-state index in [0.29, 0.717) is 5.56 Å². The molecule has 1 aliphatic rings. The summed E-state index contributed by atoms with van der Waals surface area (Å²) in [6.07, 6.45) is 1.93. The standard InChI is InChI=1S/C35H35NO3S/c1-25(2)32-35(28-20-12-6-13-21-28,29-22-14-7-15-23-29)39-34(38)36(32)33(40-3)30(26-16-8-4-9-17-26)24-31(37)27-18-10-5-11-19-27/h4-23,25,30,32-33H,24H2,1-3H3/t30-,32+,33+/m1/s1. The highest BCUT2D eigenvalue weighted by molar-refractivity contribution is 7.99. The Labute approximate surface area is 241 Å². The van der Waals surface area contributed by atoms with Gasteiger partial charge in [0.05, 0.1) is 11.4 Å². The van der Waals surface area contributed by atoms with E-state index in [0.717, 1.165) is 16.7 Å². The first-order valence-corrected chi connectivity index (χ1v) is 15.0. The lowest BCUT2D eigenvalue weighted by Gasteiger charge is -2.42. The van der Waals surface area contributed by atoms with Crippen molar-refractivity contribution >= 4 is 23.6 Å². The predicted octanol–water partition coefficient (Wildman–Crippen LogP) is 8.15. The fourth-order valence-corrected chi connectivity index (χ4v) is 7.13. The molecular weight excluding hydrogens is 514 g/mol. The van der Waals surface area contributed by atoms with Crippen molar-refractivity contribution in [2.24, 2.45) is 5.92 Å². The molecular formula is C35H35NO3S. The van der Waals surface area contributed by atoms with E-state index in [1.165, 1.54) is 0 Å². The van der Waals surface area contributed by atoms with Crippen molar-refractivity contribution in [2.75, 3.05) is 6.26 Å². The summed E-state index contributed by atoms with van der Waals surface area (Å²) in [5.74, 6) is -0.123. The summed E-state index contributed by atoms with van der Waals surface area (Å²) in [6, 6.07) is 39.3. The van der Waals surface area contributed by atoms with Crippen molar-refractivity contribution in [3.8, 4) is 0 Å². The number of amides is 1. The van der Waals surface area contributed by atoms with Gasteiger partial charge in [-0.2, -0.15) is 0 Å². The summed E-state index contributed by atoms with van der Waals surface area (Å²) < 4.78 is 6.55. The molecule has 0 radical (unpaired) electrons.